The molecule has 4 N–H and O–H groups in total. The Morgan fingerprint density at radius 2 is 1.04 bits per heavy atom. The first kappa shape index (κ1) is 49.7. The predicted octanol–water partition coefficient (Wildman–Crippen LogP) is 8.49. The zero-order valence-corrected chi connectivity index (χ0v) is 33.7. The van der Waals surface area contributed by atoms with Crippen LogP contribution in [0.3, 0.4) is 0 Å². The molecule has 0 aromatic heterocycles. The lowest BCUT2D eigenvalue weighted by molar-refractivity contribution is -0.305. The van der Waals surface area contributed by atoms with Gasteiger partial charge in [0.2, 0.25) is 0 Å². The molecule has 0 bridgehead atoms. The van der Waals surface area contributed by atoms with Gasteiger partial charge in [0.15, 0.2) is 12.4 Å². The fraction of sp³-hybridized carbons (Fsp3) is 0.773. The maximum atomic E-state index is 12.7. The van der Waals surface area contributed by atoms with Crippen molar-refractivity contribution in [3.05, 3.63) is 48.6 Å². The fourth-order valence-electron chi connectivity index (χ4n) is 6.01. The number of carbonyl (C=O) groups excluding carboxylic acids is 2. The van der Waals surface area contributed by atoms with E-state index in [1.54, 1.807) is 0 Å². The van der Waals surface area contributed by atoms with Crippen molar-refractivity contribution in [2.45, 2.75) is 198 Å². The number of hydrogen-bond acceptors (Lipinski definition) is 10. The number of ether oxygens (including phenoxy) is 4. The maximum Gasteiger partial charge on any atom is 0.306 e. The van der Waals surface area contributed by atoms with Gasteiger partial charge in [-0.25, -0.2) is 0 Å². The van der Waals surface area contributed by atoms with Crippen LogP contribution in [0.15, 0.2) is 48.6 Å². The normalized spacial score (nSPS) is 21.2. The van der Waals surface area contributed by atoms with E-state index in [9.17, 15) is 30.0 Å². The summed E-state index contributed by atoms with van der Waals surface area (Å²) in [5.74, 6) is -0.846. The summed E-state index contributed by atoms with van der Waals surface area (Å²) in [6.45, 7) is 3.32. The van der Waals surface area contributed by atoms with Gasteiger partial charge in [-0.2, -0.15) is 0 Å². The zero-order valence-electron chi connectivity index (χ0n) is 33.7. The van der Waals surface area contributed by atoms with Gasteiger partial charge in [0.1, 0.15) is 31.0 Å². The highest BCUT2D eigenvalue weighted by Gasteiger charge is 2.44. The molecular weight excluding hydrogens is 688 g/mol. The van der Waals surface area contributed by atoms with Crippen LogP contribution in [0.4, 0.5) is 0 Å². The summed E-state index contributed by atoms with van der Waals surface area (Å²) in [7, 11) is 0. The largest absolute Gasteiger partial charge is 0.462 e. The zero-order chi connectivity index (χ0) is 39.5. The number of carbonyl (C=O) groups is 2. The van der Waals surface area contributed by atoms with Crippen LogP contribution in [0.25, 0.3) is 0 Å². The van der Waals surface area contributed by atoms with Crippen LogP contribution in [0, 0.1) is 0 Å². The second kappa shape index (κ2) is 35.1. The van der Waals surface area contributed by atoms with Crippen molar-refractivity contribution in [1.82, 2.24) is 0 Å². The van der Waals surface area contributed by atoms with E-state index in [2.05, 4.69) is 62.5 Å². The summed E-state index contributed by atoms with van der Waals surface area (Å²) in [6, 6.07) is 0. The van der Waals surface area contributed by atoms with E-state index in [0.717, 1.165) is 77.0 Å². The number of hydrogen-bond donors (Lipinski definition) is 4. The van der Waals surface area contributed by atoms with Gasteiger partial charge in [0, 0.05) is 12.8 Å². The minimum atomic E-state index is -1.60. The molecule has 1 aliphatic heterocycles. The average molecular weight is 765 g/mol. The molecule has 2 unspecified atom stereocenters. The Balaban J connectivity index is 2.38. The molecule has 0 aromatic carbocycles. The van der Waals surface area contributed by atoms with Crippen LogP contribution in [-0.2, 0) is 28.5 Å². The molecule has 10 heteroatoms. The molecule has 6 atom stereocenters. The third-order valence-corrected chi connectivity index (χ3v) is 9.44. The Labute approximate surface area is 327 Å². The first-order valence-corrected chi connectivity index (χ1v) is 21.2. The number of aliphatic hydroxyl groups excluding tert-OH is 4. The highest BCUT2D eigenvalue weighted by atomic mass is 16.7. The summed E-state index contributed by atoms with van der Waals surface area (Å²) in [5.41, 5.74) is 0. The van der Waals surface area contributed by atoms with Crippen molar-refractivity contribution in [3.8, 4) is 0 Å². The standard InChI is InChI=1S/C44H76O10/c1-3-5-7-9-11-13-15-17-18-19-20-21-23-24-26-28-30-32-39(46)51-35-37(36-52-44-43(50)42(49)41(48)38(34-45)54-44)53-40(47)33-31-29-27-25-22-16-14-12-10-8-6-4-2/h11-14,17-18,20-21,37-38,41-45,48-50H,3-10,15-16,19,22-36H2,1-2H3/b13-11+,14-12+,18-17+,21-20+/t37-,38-,41+,42?,43?,44-/m0/s1. The van der Waals surface area contributed by atoms with Crippen LogP contribution in [-0.4, -0.2) is 89.0 Å². The lowest BCUT2D eigenvalue weighted by Gasteiger charge is -2.39. The molecule has 1 fully saturated rings. The Bertz CT molecular complexity index is 1020. The van der Waals surface area contributed by atoms with Crippen molar-refractivity contribution in [2.24, 2.45) is 0 Å². The molecular formula is C44H76O10. The van der Waals surface area contributed by atoms with E-state index in [0.29, 0.717) is 12.8 Å². The monoisotopic (exact) mass is 765 g/mol. The highest BCUT2D eigenvalue weighted by molar-refractivity contribution is 5.70. The average Bonchev–Trinajstić information content (AvgIpc) is 3.17. The SMILES string of the molecule is CCCCC/C=C/C/C=C/C/C=C/CCCCCCC(=O)OC[C@@H](CO[C@H]1O[C@@H](CO)[C@@H](O)C(O)C1O)OC(=O)CCCCCCC/C=C/CCCCC. The van der Waals surface area contributed by atoms with Gasteiger partial charge in [-0.05, 0) is 77.0 Å². The van der Waals surface area contributed by atoms with Gasteiger partial charge in [-0.1, -0.05) is 120 Å². The molecule has 0 aromatic rings. The summed E-state index contributed by atoms with van der Waals surface area (Å²) in [4.78, 5) is 25.2. The van der Waals surface area contributed by atoms with Gasteiger partial charge in [0.05, 0.1) is 13.2 Å². The Hall–Kier alpha value is -2.34. The van der Waals surface area contributed by atoms with Crippen LogP contribution < -0.4 is 0 Å². The van der Waals surface area contributed by atoms with Crippen molar-refractivity contribution in [1.29, 1.82) is 0 Å². The number of aliphatic hydroxyl groups is 4. The predicted molar refractivity (Wildman–Crippen MR) is 215 cm³/mol. The third kappa shape index (κ3) is 26.5. The molecule has 1 rings (SSSR count). The summed E-state index contributed by atoms with van der Waals surface area (Å²) >= 11 is 0. The molecule has 1 saturated heterocycles. The molecule has 10 nitrogen and oxygen atoms in total. The van der Waals surface area contributed by atoms with E-state index in [4.69, 9.17) is 18.9 Å². The lowest BCUT2D eigenvalue weighted by Crippen LogP contribution is -2.59. The van der Waals surface area contributed by atoms with E-state index >= 15 is 0 Å². The number of esters is 2. The molecule has 0 aliphatic carbocycles. The summed E-state index contributed by atoms with van der Waals surface area (Å²) < 4.78 is 22.1. The number of rotatable bonds is 34. The van der Waals surface area contributed by atoms with Crippen molar-refractivity contribution < 1.29 is 49.0 Å². The molecule has 54 heavy (non-hydrogen) atoms. The quantitative estimate of drug-likeness (QED) is 0.0285. The highest BCUT2D eigenvalue weighted by Crippen LogP contribution is 2.22. The molecule has 0 spiro atoms. The Morgan fingerprint density at radius 1 is 0.574 bits per heavy atom. The Kier molecular flexibility index (Phi) is 32.3. The maximum absolute atomic E-state index is 12.7. The van der Waals surface area contributed by atoms with Gasteiger partial charge >= 0.3 is 11.9 Å². The van der Waals surface area contributed by atoms with Crippen molar-refractivity contribution in [3.63, 3.8) is 0 Å². The fourth-order valence-corrected chi connectivity index (χ4v) is 6.01. The second-order valence-corrected chi connectivity index (χ2v) is 14.4. The molecule has 0 radical (unpaired) electrons. The first-order chi connectivity index (χ1) is 26.3. The molecule has 312 valence electrons. The molecule has 1 heterocycles. The lowest BCUT2D eigenvalue weighted by atomic mass is 9.99. The minimum Gasteiger partial charge on any atom is -0.462 e. The van der Waals surface area contributed by atoms with Gasteiger partial charge < -0.3 is 39.4 Å². The summed E-state index contributed by atoms with van der Waals surface area (Å²) in [5, 5.41) is 40.0. The van der Waals surface area contributed by atoms with Crippen molar-refractivity contribution in [2.75, 3.05) is 19.8 Å². The van der Waals surface area contributed by atoms with Crippen LogP contribution in [0.1, 0.15) is 162 Å². The smallest absolute Gasteiger partial charge is 0.306 e. The number of allylic oxidation sites excluding steroid dienone is 8. The molecule has 0 amide bonds. The van der Waals surface area contributed by atoms with E-state index in [1.165, 1.54) is 44.9 Å². The molecule has 0 saturated carbocycles. The van der Waals surface area contributed by atoms with E-state index < -0.39 is 55.4 Å². The second-order valence-electron chi connectivity index (χ2n) is 14.4. The third-order valence-electron chi connectivity index (χ3n) is 9.44. The first-order valence-electron chi connectivity index (χ1n) is 21.2. The van der Waals surface area contributed by atoms with Crippen LogP contribution >= 0.6 is 0 Å². The summed E-state index contributed by atoms with van der Waals surface area (Å²) in [6.07, 6.45) is 32.6. The van der Waals surface area contributed by atoms with Crippen LogP contribution in [0.2, 0.25) is 0 Å². The Morgan fingerprint density at radius 3 is 1.57 bits per heavy atom. The van der Waals surface area contributed by atoms with Crippen LogP contribution in [0.5, 0.6) is 0 Å². The topological polar surface area (TPSA) is 152 Å². The van der Waals surface area contributed by atoms with Gasteiger partial charge in [0.25, 0.3) is 0 Å². The van der Waals surface area contributed by atoms with E-state index in [1.807, 2.05) is 0 Å². The minimum absolute atomic E-state index is 0.213. The van der Waals surface area contributed by atoms with Crippen molar-refractivity contribution >= 4 is 11.9 Å². The number of unbranched alkanes of at least 4 members (excludes halogenated alkanes) is 15. The van der Waals surface area contributed by atoms with E-state index in [-0.39, 0.29) is 26.1 Å². The molecule has 1 aliphatic rings. The van der Waals surface area contributed by atoms with Gasteiger partial charge in [-0.15, -0.1) is 0 Å². The van der Waals surface area contributed by atoms with Gasteiger partial charge in [-0.3, -0.25) is 9.59 Å².